The van der Waals surface area contributed by atoms with Crippen LogP contribution in [-0.2, 0) is 4.74 Å². The number of halogens is 1. The number of aliphatic hydroxyl groups excluding tert-OH is 1. The highest BCUT2D eigenvalue weighted by Crippen LogP contribution is 2.32. The SMILES string of the molecule is CCNC(=NCC1(CCO)CCOC1)NCCSc1ccccc1.I. The average molecular weight is 479 g/mol. The van der Waals surface area contributed by atoms with Crippen molar-refractivity contribution in [1.29, 1.82) is 0 Å². The van der Waals surface area contributed by atoms with Crippen LogP contribution < -0.4 is 10.6 Å². The highest BCUT2D eigenvalue weighted by molar-refractivity contribution is 14.0. The van der Waals surface area contributed by atoms with Gasteiger partial charge in [-0.25, -0.2) is 0 Å². The molecule has 1 aromatic rings. The van der Waals surface area contributed by atoms with E-state index in [4.69, 9.17) is 9.73 Å². The summed E-state index contributed by atoms with van der Waals surface area (Å²) >= 11 is 1.83. The van der Waals surface area contributed by atoms with Gasteiger partial charge >= 0.3 is 0 Å². The Kier molecular flexibility index (Phi) is 11.5. The van der Waals surface area contributed by atoms with Crippen LogP contribution in [0, 0.1) is 5.41 Å². The van der Waals surface area contributed by atoms with Gasteiger partial charge in [-0.2, -0.15) is 0 Å². The number of hydrogen-bond donors (Lipinski definition) is 3. The fourth-order valence-corrected chi connectivity index (χ4v) is 3.52. The van der Waals surface area contributed by atoms with Crippen LogP contribution in [0.3, 0.4) is 0 Å². The van der Waals surface area contributed by atoms with Crippen LogP contribution in [0.2, 0.25) is 0 Å². The molecule has 1 fully saturated rings. The molecule has 1 heterocycles. The lowest BCUT2D eigenvalue weighted by Crippen LogP contribution is -2.39. The van der Waals surface area contributed by atoms with Crippen molar-refractivity contribution < 1.29 is 9.84 Å². The predicted octanol–water partition coefficient (Wildman–Crippen LogP) is 2.74. The second-order valence-electron chi connectivity index (χ2n) is 6.06. The number of thioether (sulfide) groups is 1. The molecule has 1 aliphatic rings. The molecular formula is C18H30IN3O2S. The molecule has 0 saturated carbocycles. The summed E-state index contributed by atoms with van der Waals surface area (Å²) < 4.78 is 5.53. The maximum absolute atomic E-state index is 9.30. The van der Waals surface area contributed by atoms with Crippen LogP contribution in [0.1, 0.15) is 19.8 Å². The lowest BCUT2D eigenvalue weighted by molar-refractivity contribution is 0.131. The smallest absolute Gasteiger partial charge is 0.191 e. The van der Waals surface area contributed by atoms with Crippen LogP contribution >= 0.6 is 35.7 Å². The fourth-order valence-electron chi connectivity index (χ4n) is 2.73. The van der Waals surface area contributed by atoms with E-state index < -0.39 is 0 Å². The average Bonchev–Trinajstić information content (AvgIpc) is 3.06. The molecule has 0 amide bonds. The van der Waals surface area contributed by atoms with E-state index in [0.717, 1.165) is 44.3 Å². The number of aliphatic imine (C=N–C) groups is 1. The maximum atomic E-state index is 9.30. The number of guanidine groups is 1. The molecule has 1 atom stereocenters. The molecule has 1 aromatic carbocycles. The van der Waals surface area contributed by atoms with E-state index in [1.165, 1.54) is 4.90 Å². The molecule has 1 saturated heterocycles. The Morgan fingerprint density at radius 2 is 2.12 bits per heavy atom. The lowest BCUT2D eigenvalue weighted by atomic mass is 9.84. The number of benzene rings is 1. The van der Waals surface area contributed by atoms with Crippen LogP contribution in [0.4, 0.5) is 0 Å². The molecular weight excluding hydrogens is 449 g/mol. The van der Waals surface area contributed by atoms with Crippen molar-refractivity contribution in [1.82, 2.24) is 10.6 Å². The highest BCUT2D eigenvalue weighted by atomic mass is 127. The third-order valence-electron chi connectivity index (χ3n) is 4.15. The van der Waals surface area contributed by atoms with Gasteiger partial charge in [0.15, 0.2) is 5.96 Å². The molecule has 1 aliphatic heterocycles. The molecule has 25 heavy (non-hydrogen) atoms. The van der Waals surface area contributed by atoms with Crippen molar-refractivity contribution >= 4 is 41.7 Å². The Bertz CT molecular complexity index is 496. The molecule has 3 N–H and O–H groups in total. The molecule has 0 radical (unpaired) electrons. The van der Waals surface area contributed by atoms with Gasteiger partial charge < -0.3 is 20.5 Å². The first kappa shape index (κ1) is 22.5. The molecule has 142 valence electrons. The zero-order chi connectivity index (χ0) is 17.1. The van der Waals surface area contributed by atoms with E-state index in [1.54, 1.807) is 0 Å². The first-order chi connectivity index (χ1) is 11.8. The summed E-state index contributed by atoms with van der Waals surface area (Å²) in [4.78, 5) is 6.01. The van der Waals surface area contributed by atoms with E-state index in [1.807, 2.05) is 17.8 Å². The van der Waals surface area contributed by atoms with Crippen molar-refractivity contribution in [2.45, 2.75) is 24.7 Å². The van der Waals surface area contributed by atoms with Crippen molar-refractivity contribution in [2.75, 3.05) is 45.2 Å². The third-order valence-corrected chi connectivity index (χ3v) is 5.16. The van der Waals surface area contributed by atoms with Crippen LogP contribution in [0.15, 0.2) is 40.2 Å². The van der Waals surface area contributed by atoms with Gasteiger partial charge in [-0.3, -0.25) is 4.99 Å². The number of hydrogen-bond acceptors (Lipinski definition) is 4. The summed E-state index contributed by atoms with van der Waals surface area (Å²) in [5.41, 5.74) is -0.00408. The van der Waals surface area contributed by atoms with Crippen LogP contribution in [-0.4, -0.2) is 56.3 Å². The van der Waals surface area contributed by atoms with E-state index in [9.17, 15) is 5.11 Å². The quantitative estimate of drug-likeness (QED) is 0.167. The summed E-state index contributed by atoms with van der Waals surface area (Å²) in [6.07, 6.45) is 1.72. The summed E-state index contributed by atoms with van der Waals surface area (Å²) in [5.74, 6) is 1.83. The monoisotopic (exact) mass is 479 g/mol. The molecule has 0 bridgehead atoms. The Hall–Kier alpha value is -0.510. The van der Waals surface area contributed by atoms with Crippen LogP contribution in [0.25, 0.3) is 0 Å². The highest BCUT2D eigenvalue weighted by Gasteiger charge is 2.34. The minimum Gasteiger partial charge on any atom is -0.396 e. The van der Waals surface area contributed by atoms with Crippen molar-refractivity contribution in [3.63, 3.8) is 0 Å². The largest absolute Gasteiger partial charge is 0.396 e. The molecule has 2 rings (SSSR count). The van der Waals surface area contributed by atoms with Gasteiger partial charge in [0.05, 0.1) is 13.2 Å². The Morgan fingerprint density at radius 1 is 1.32 bits per heavy atom. The van der Waals surface area contributed by atoms with E-state index in [0.29, 0.717) is 13.2 Å². The number of ether oxygens (including phenoxy) is 1. The van der Waals surface area contributed by atoms with Gasteiger partial charge in [0.1, 0.15) is 0 Å². The molecule has 5 nitrogen and oxygen atoms in total. The summed E-state index contributed by atoms with van der Waals surface area (Å²) in [6.45, 7) is 6.10. The summed E-state index contributed by atoms with van der Waals surface area (Å²) in [6, 6.07) is 10.4. The number of aliphatic hydroxyl groups is 1. The van der Waals surface area contributed by atoms with E-state index in [2.05, 4.69) is 41.8 Å². The van der Waals surface area contributed by atoms with Gasteiger partial charge in [-0.1, -0.05) is 18.2 Å². The van der Waals surface area contributed by atoms with Gasteiger partial charge in [0, 0.05) is 42.4 Å². The minimum atomic E-state index is -0.00408. The molecule has 1 unspecified atom stereocenters. The fraction of sp³-hybridized carbons (Fsp3) is 0.611. The van der Waals surface area contributed by atoms with Crippen molar-refractivity contribution in [3.8, 4) is 0 Å². The minimum absolute atomic E-state index is 0. The summed E-state index contributed by atoms with van der Waals surface area (Å²) in [7, 11) is 0. The van der Waals surface area contributed by atoms with Crippen molar-refractivity contribution in [3.05, 3.63) is 30.3 Å². The number of nitrogens with one attached hydrogen (secondary N) is 2. The van der Waals surface area contributed by atoms with Gasteiger partial charge in [-0.15, -0.1) is 35.7 Å². The number of nitrogens with zero attached hydrogens (tertiary/aromatic N) is 1. The molecule has 0 aromatic heterocycles. The Labute approximate surface area is 172 Å². The normalized spacial score (nSPS) is 20.2. The molecule has 0 aliphatic carbocycles. The zero-order valence-electron chi connectivity index (χ0n) is 14.9. The summed E-state index contributed by atoms with van der Waals surface area (Å²) in [5, 5.41) is 16.0. The third kappa shape index (κ3) is 8.15. The first-order valence-electron chi connectivity index (χ1n) is 8.67. The number of rotatable bonds is 9. The first-order valence-corrected chi connectivity index (χ1v) is 9.65. The standard InChI is InChI=1S/C18H29N3O2S.HI/c1-2-19-17(20-10-13-24-16-6-4-3-5-7-16)21-14-18(8-11-22)9-12-23-15-18;/h3-7,22H,2,8-15H2,1H3,(H2,19,20,21);1H. The maximum Gasteiger partial charge on any atom is 0.191 e. The van der Waals surface area contributed by atoms with Gasteiger partial charge in [0.25, 0.3) is 0 Å². The second-order valence-corrected chi connectivity index (χ2v) is 7.23. The molecule has 0 spiro atoms. The van der Waals surface area contributed by atoms with Gasteiger partial charge in [-0.05, 0) is 31.9 Å². The Morgan fingerprint density at radius 3 is 2.76 bits per heavy atom. The Balaban J connectivity index is 0.00000312. The topological polar surface area (TPSA) is 65.9 Å². The predicted molar refractivity (Wildman–Crippen MR) is 116 cm³/mol. The lowest BCUT2D eigenvalue weighted by Gasteiger charge is -2.24. The zero-order valence-corrected chi connectivity index (χ0v) is 18.0. The second kappa shape index (κ2) is 12.8. The van der Waals surface area contributed by atoms with E-state index >= 15 is 0 Å². The molecule has 7 heteroatoms. The van der Waals surface area contributed by atoms with E-state index in [-0.39, 0.29) is 36.0 Å². The van der Waals surface area contributed by atoms with Crippen LogP contribution in [0.5, 0.6) is 0 Å². The van der Waals surface area contributed by atoms with Crippen molar-refractivity contribution in [2.24, 2.45) is 10.4 Å². The van der Waals surface area contributed by atoms with Gasteiger partial charge in [0.2, 0.25) is 0 Å².